The highest BCUT2D eigenvalue weighted by Gasteiger charge is 2.13. The van der Waals surface area contributed by atoms with E-state index in [1.165, 1.54) is 5.56 Å². The molecule has 0 saturated carbocycles. The van der Waals surface area contributed by atoms with Crippen molar-refractivity contribution in [1.29, 1.82) is 0 Å². The molecule has 19 heavy (non-hydrogen) atoms. The predicted octanol–water partition coefficient (Wildman–Crippen LogP) is 2.82. The zero-order valence-corrected chi connectivity index (χ0v) is 11.7. The molecule has 0 radical (unpaired) electrons. The summed E-state index contributed by atoms with van der Waals surface area (Å²) in [6, 6.07) is 7.25. The molecule has 2 aromatic heterocycles. The highest BCUT2D eigenvalue weighted by molar-refractivity contribution is 7.84. The number of hydrogen-bond donors (Lipinski definition) is 1. The van der Waals surface area contributed by atoms with Crippen molar-refractivity contribution >= 4 is 38.9 Å². The third-order valence-electron chi connectivity index (χ3n) is 2.74. The van der Waals surface area contributed by atoms with Crippen LogP contribution in [0, 0.1) is 0 Å². The first-order valence-corrected chi connectivity index (χ1v) is 8.04. The van der Waals surface area contributed by atoms with Gasteiger partial charge in [-0.05, 0) is 47.0 Å². The van der Waals surface area contributed by atoms with Crippen LogP contribution in [0.5, 0.6) is 0 Å². The topological polar surface area (TPSA) is 69.1 Å². The molecule has 4 nitrogen and oxygen atoms in total. The summed E-state index contributed by atoms with van der Waals surface area (Å²) in [6.07, 6.45) is 0.761. The van der Waals surface area contributed by atoms with Crippen molar-refractivity contribution < 1.29 is 8.63 Å². The monoisotopic (exact) mass is 292 g/mol. The smallest absolute Gasteiger partial charge is 0.287 e. The Morgan fingerprint density at radius 1 is 1.37 bits per heavy atom. The van der Waals surface area contributed by atoms with E-state index in [-0.39, 0.29) is 5.22 Å². The number of aromatic nitrogens is 1. The van der Waals surface area contributed by atoms with Crippen molar-refractivity contribution in [2.75, 3.05) is 11.5 Å². The molecule has 0 amide bonds. The first-order valence-electron chi connectivity index (χ1n) is 5.78. The molecule has 0 fully saturated rings. The lowest BCUT2D eigenvalue weighted by molar-refractivity contribution is 0.477. The normalized spacial score (nSPS) is 12.8. The van der Waals surface area contributed by atoms with Crippen molar-refractivity contribution in [3.05, 3.63) is 40.6 Å². The van der Waals surface area contributed by atoms with Gasteiger partial charge in [-0.25, -0.2) is 9.19 Å². The maximum absolute atomic E-state index is 12.1. The van der Waals surface area contributed by atoms with Gasteiger partial charge in [0.2, 0.25) is 0 Å². The van der Waals surface area contributed by atoms with E-state index in [1.807, 2.05) is 11.4 Å². The first kappa shape index (κ1) is 12.4. The lowest BCUT2D eigenvalue weighted by atomic mass is 10.3. The summed E-state index contributed by atoms with van der Waals surface area (Å²) in [5, 5.41) is 4.35. The fourth-order valence-corrected chi connectivity index (χ4v) is 3.44. The largest absolute Gasteiger partial charge is 0.430 e. The Kier molecular flexibility index (Phi) is 3.35. The van der Waals surface area contributed by atoms with Gasteiger partial charge in [-0.2, -0.15) is 11.3 Å². The van der Waals surface area contributed by atoms with Gasteiger partial charge in [0, 0.05) is 11.4 Å². The van der Waals surface area contributed by atoms with Crippen LogP contribution < -0.4 is 5.73 Å². The quantitative estimate of drug-likeness (QED) is 0.751. The van der Waals surface area contributed by atoms with Crippen LogP contribution in [0.3, 0.4) is 0 Å². The Bertz CT molecular complexity index is 719. The Balaban J connectivity index is 1.77. The number of hydrogen-bond acceptors (Lipinski definition) is 5. The van der Waals surface area contributed by atoms with E-state index in [0.29, 0.717) is 22.5 Å². The number of anilines is 1. The average Bonchev–Trinajstić information content (AvgIpc) is 3.04. The number of fused-ring (bicyclic) bond motifs is 1. The van der Waals surface area contributed by atoms with Crippen LogP contribution in [-0.2, 0) is 17.2 Å². The summed E-state index contributed by atoms with van der Waals surface area (Å²) >= 11 is 1.64. The predicted molar refractivity (Wildman–Crippen MR) is 77.7 cm³/mol. The molecule has 3 rings (SSSR count). The minimum Gasteiger partial charge on any atom is -0.430 e. The van der Waals surface area contributed by atoms with E-state index in [4.69, 9.17) is 10.2 Å². The molecule has 0 aliphatic rings. The van der Waals surface area contributed by atoms with Crippen LogP contribution in [0.2, 0.25) is 0 Å². The van der Waals surface area contributed by atoms with Crippen molar-refractivity contribution in [3.63, 3.8) is 0 Å². The SMILES string of the molecule is Nc1ccc2oc(S(=O)CCc3ccsc3)nc2c1. The van der Waals surface area contributed by atoms with Gasteiger partial charge in [-0.1, -0.05) is 0 Å². The number of aryl methyl sites for hydroxylation is 1. The van der Waals surface area contributed by atoms with Gasteiger partial charge in [-0.15, -0.1) is 0 Å². The Morgan fingerprint density at radius 2 is 2.26 bits per heavy atom. The molecular formula is C13H12N2O2S2. The van der Waals surface area contributed by atoms with E-state index in [0.717, 1.165) is 6.42 Å². The second kappa shape index (κ2) is 5.14. The van der Waals surface area contributed by atoms with Gasteiger partial charge in [0.1, 0.15) is 16.3 Å². The number of thiophene rings is 1. The number of nitrogens with two attached hydrogens (primary N) is 1. The molecule has 3 aromatic rings. The molecule has 0 spiro atoms. The summed E-state index contributed by atoms with van der Waals surface area (Å²) < 4.78 is 17.6. The standard InChI is InChI=1S/C13H12N2O2S2/c14-10-1-2-12-11(7-10)15-13(17-12)19(16)6-4-9-3-5-18-8-9/h1-3,5,7-8H,4,6,14H2. The van der Waals surface area contributed by atoms with Crippen LogP contribution in [0.1, 0.15) is 5.56 Å². The summed E-state index contributed by atoms with van der Waals surface area (Å²) in [4.78, 5) is 4.23. The van der Waals surface area contributed by atoms with Crippen LogP contribution in [-0.4, -0.2) is 14.9 Å². The zero-order chi connectivity index (χ0) is 13.2. The number of rotatable bonds is 4. The maximum Gasteiger partial charge on any atom is 0.287 e. The molecular weight excluding hydrogens is 280 g/mol. The van der Waals surface area contributed by atoms with Gasteiger partial charge in [0.15, 0.2) is 5.58 Å². The van der Waals surface area contributed by atoms with Gasteiger partial charge in [0.25, 0.3) is 5.22 Å². The van der Waals surface area contributed by atoms with E-state index >= 15 is 0 Å². The van der Waals surface area contributed by atoms with Crippen LogP contribution in [0.25, 0.3) is 11.1 Å². The Hall–Kier alpha value is -1.66. The molecule has 0 saturated heterocycles. The van der Waals surface area contributed by atoms with Gasteiger partial charge < -0.3 is 10.2 Å². The summed E-state index contributed by atoms with van der Waals surface area (Å²) in [5.74, 6) is 0.513. The number of benzene rings is 1. The van der Waals surface area contributed by atoms with Crippen molar-refractivity contribution in [2.45, 2.75) is 11.6 Å². The number of nitrogens with zero attached hydrogens (tertiary/aromatic N) is 1. The lowest BCUT2D eigenvalue weighted by Gasteiger charge is -1.95. The molecule has 0 aliphatic carbocycles. The molecule has 0 bridgehead atoms. The van der Waals surface area contributed by atoms with Gasteiger partial charge in [0.05, 0.1) is 0 Å². The highest BCUT2D eigenvalue weighted by atomic mass is 32.2. The van der Waals surface area contributed by atoms with Crippen LogP contribution in [0.15, 0.2) is 44.7 Å². The minimum atomic E-state index is -1.22. The van der Waals surface area contributed by atoms with Crippen molar-refractivity contribution in [3.8, 4) is 0 Å². The minimum absolute atomic E-state index is 0.274. The average molecular weight is 292 g/mol. The summed E-state index contributed by atoms with van der Waals surface area (Å²) in [5.41, 5.74) is 8.76. The molecule has 2 N–H and O–H groups in total. The molecule has 1 atom stereocenters. The summed E-state index contributed by atoms with van der Waals surface area (Å²) in [6.45, 7) is 0. The third-order valence-corrected chi connectivity index (χ3v) is 4.61. The molecule has 2 heterocycles. The molecule has 6 heteroatoms. The van der Waals surface area contributed by atoms with Gasteiger partial charge >= 0.3 is 0 Å². The number of nitrogen functional groups attached to an aromatic ring is 1. The Labute approximate surface area is 116 Å². The molecule has 1 unspecified atom stereocenters. The summed E-state index contributed by atoms with van der Waals surface area (Å²) in [7, 11) is -1.22. The highest BCUT2D eigenvalue weighted by Crippen LogP contribution is 2.20. The van der Waals surface area contributed by atoms with Crippen LogP contribution >= 0.6 is 11.3 Å². The fourth-order valence-electron chi connectivity index (χ4n) is 1.75. The molecule has 0 aliphatic heterocycles. The molecule has 98 valence electrons. The van der Waals surface area contributed by atoms with Crippen molar-refractivity contribution in [1.82, 2.24) is 4.98 Å². The van der Waals surface area contributed by atoms with E-state index in [9.17, 15) is 4.21 Å². The van der Waals surface area contributed by atoms with Gasteiger partial charge in [-0.3, -0.25) is 0 Å². The lowest BCUT2D eigenvalue weighted by Crippen LogP contribution is -2.01. The van der Waals surface area contributed by atoms with E-state index < -0.39 is 10.8 Å². The van der Waals surface area contributed by atoms with E-state index in [1.54, 1.807) is 29.5 Å². The third kappa shape index (κ3) is 2.69. The fraction of sp³-hybridized carbons (Fsp3) is 0.154. The van der Waals surface area contributed by atoms with Crippen molar-refractivity contribution in [2.24, 2.45) is 0 Å². The first-order chi connectivity index (χ1) is 9.22. The Morgan fingerprint density at radius 3 is 3.05 bits per heavy atom. The van der Waals surface area contributed by atoms with E-state index in [2.05, 4.69) is 10.4 Å². The molecule has 1 aromatic carbocycles. The zero-order valence-electron chi connectivity index (χ0n) is 10.0. The maximum atomic E-state index is 12.1. The second-order valence-corrected chi connectivity index (χ2v) is 6.37. The number of oxazole rings is 1. The second-order valence-electron chi connectivity index (χ2n) is 4.14. The van der Waals surface area contributed by atoms with Crippen LogP contribution in [0.4, 0.5) is 5.69 Å².